The first kappa shape index (κ1) is 18.6. The molecule has 1 atom stereocenters. The summed E-state index contributed by atoms with van der Waals surface area (Å²) in [5.41, 5.74) is 2.52. The third kappa shape index (κ3) is 4.70. The maximum atomic E-state index is 13.9. The Labute approximate surface area is 155 Å². The summed E-state index contributed by atoms with van der Waals surface area (Å²) in [6, 6.07) is 14.7. The molecule has 1 aliphatic heterocycles. The van der Waals surface area contributed by atoms with Crippen LogP contribution in [0.15, 0.2) is 48.5 Å². The fraction of sp³-hybridized carbons (Fsp3) is 0.409. The van der Waals surface area contributed by atoms with Crippen molar-refractivity contribution in [1.82, 2.24) is 10.2 Å². The Bertz CT molecular complexity index is 721. The van der Waals surface area contributed by atoms with Gasteiger partial charge in [-0.2, -0.15) is 0 Å². The maximum Gasteiger partial charge on any atom is 0.254 e. The zero-order chi connectivity index (χ0) is 18.4. The van der Waals surface area contributed by atoms with E-state index in [9.17, 15) is 9.18 Å². The molecule has 2 aromatic carbocycles. The second-order valence-corrected chi connectivity index (χ2v) is 7.07. The van der Waals surface area contributed by atoms with Crippen LogP contribution in [0.5, 0.6) is 0 Å². The van der Waals surface area contributed by atoms with Gasteiger partial charge in [0.05, 0.1) is 11.6 Å². The molecule has 138 valence electrons. The minimum absolute atomic E-state index is 0.103. The number of rotatable bonds is 5. The van der Waals surface area contributed by atoms with Gasteiger partial charge in [0, 0.05) is 6.54 Å². The van der Waals surface area contributed by atoms with Gasteiger partial charge in [0.25, 0.3) is 5.91 Å². The van der Waals surface area contributed by atoms with E-state index in [1.807, 2.05) is 0 Å². The summed E-state index contributed by atoms with van der Waals surface area (Å²) in [6.45, 7) is 4.63. The van der Waals surface area contributed by atoms with Crippen LogP contribution in [0, 0.1) is 12.7 Å². The highest BCUT2D eigenvalue weighted by atomic mass is 19.1. The number of carbonyl (C=O) groups is 1. The van der Waals surface area contributed by atoms with E-state index < -0.39 is 5.82 Å². The number of carbonyl (C=O) groups excluding carboxylic acids is 1. The SMILES string of the molecule is Cc1ccc([C@@H](CNC(=O)c2ccccc2F)N2CCCCCC2)cc1. The highest BCUT2D eigenvalue weighted by Gasteiger charge is 2.23. The van der Waals surface area contributed by atoms with Gasteiger partial charge >= 0.3 is 0 Å². The lowest BCUT2D eigenvalue weighted by atomic mass is 10.0. The monoisotopic (exact) mass is 354 g/mol. The van der Waals surface area contributed by atoms with E-state index >= 15 is 0 Å². The minimum atomic E-state index is -0.480. The molecule has 4 heteroatoms. The van der Waals surface area contributed by atoms with Crippen LogP contribution in [-0.2, 0) is 0 Å². The van der Waals surface area contributed by atoms with Crippen molar-refractivity contribution < 1.29 is 9.18 Å². The molecule has 1 amide bonds. The van der Waals surface area contributed by atoms with Crippen LogP contribution >= 0.6 is 0 Å². The van der Waals surface area contributed by atoms with Crippen LogP contribution < -0.4 is 5.32 Å². The van der Waals surface area contributed by atoms with Gasteiger partial charge in [0.1, 0.15) is 5.82 Å². The molecule has 0 unspecified atom stereocenters. The van der Waals surface area contributed by atoms with Crippen molar-refractivity contribution in [3.8, 4) is 0 Å². The Hall–Kier alpha value is -2.20. The van der Waals surface area contributed by atoms with E-state index in [2.05, 4.69) is 41.4 Å². The Morgan fingerprint density at radius 2 is 1.69 bits per heavy atom. The van der Waals surface area contributed by atoms with Crippen LogP contribution in [0.1, 0.15) is 53.2 Å². The normalized spacial score (nSPS) is 16.7. The summed E-state index contributed by atoms with van der Waals surface area (Å²) in [5.74, 6) is -0.832. The van der Waals surface area contributed by atoms with Crippen molar-refractivity contribution >= 4 is 5.91 Å². The van der Waals surface area contributed by atoms with E-state index in [1.165, 1.54) is 48.9 Å². The predicted octanol–water partition coefficient (Wildman–Crippen LogP) is 4.48. The molecule has 0 saturated carbocycles. The van der Waals surface area contributed by atoms with Gasteiger partial charge in [0.2, 0.25) is 0 Å². The molecule has 0 spiro atoms. The Morgan fingerprint density at radius 1 is 1.04 bits per heavy atom. The average Bonchev–Trinajstić information content (AvgIpc) is 2.93. The van der Waals surface area contributed by atoms with Gasteiger partial charge in [-0.1, -0.05) is 54.8 Å². The molecule has 2 aromatic rings. The van der Waals surface area contributed by atoms with Crippen molar-refractivity contribution in [3.05, 3.63) is 71.0 Å². The van der Waals surface area contributed by atoms with Gasteiger partial charge in [-0.05, 0) is 50.6 Å². The van der Waals surface area contributed by atoms with E-state index in [0.29, 0.717) is 6.54 Å². The molecule has 1 fully saturated rings. The van der Waals surface area contributed by atoms with Crippen molar-refractivity contribution in [1.29, 1.82) is 0 Å². The molecule has 1 heterocycles. The van der Waals surface area contributed by atoms with Crippen molar-refractivity contribution in [2.45, 2.75) is 38.6 Å². The Morgan fingerprint density at radius 3 is 2.35 bits per heavy atom. The van der Waals surface area contributed by atoms with Crippen LogP contribution in [-0.4, -0.2) is 30.4 Å². The van der Waals surface area contributed by atoms with Crippen LogP contribution in [0.3, 0.4) is 0 Å². The fourth-order valence-electron chi connectivity index (χ4n) is 3.58. The lowest BCUT2D eigenvalue weighted by molar-refractivity contribution is 0.0929. The first-order chi connectivity index (χ1) is 12.6. The molecule has 0 aromatic heterocycles. The summed E-state index contributed by atoms with van der Waals surface area (Å²) >= 11 is 0. The van der Waals surface area contributed by atoms with Crippen molar-refractivity contribution in [3.63, 3.8) is 0 Å². The number of benzene rings is 2. The lowest BCUT2D eigenvalue weighted by Crippen LogP contribution is -2.38. The average molecular weight is 354 g/mol. The molecule has 1 saturated heterocycles. The summed E-state index contributed by atoms with van der Waals surface area (Å²) in [5, 5.41) is 2.95. The number of halogens is 1. The fourth-order valence-corrected chi connectivity index (χ4v) is 3.58. The molecule has 26 heavy (non-hydrogen) atoms. The Kier molecular flexibility index (Phi) is 6.40. The van der Waals surface area contributed by atoms with Crippen LogP contribution in [0.25, 0.3) is 0 Å². The zero-order valence-electron chi connectivity index (χ0n) is 15.4. The van der Waals surface area contributed by atoms with E-state index in [4.69, 9.17) is 0 Å². The van der Waals surface area contributed by atoms with E-state index in [-0.39, 0.29) is 17.5 Å². The smallest absolute Gasteiger partial charge is 0.254 e. The van der Waals surface area contributed by atoms with Gasteiger partial charge in [-0.15, -0.1) is 0 Å². The number of nitrogens with zero attached hydrogens (tertiary/aromatic N) is 1. The quantitative estimate of drug-likeness (QED) is 0.858. The molecular formula is C22H27FN2O. The number of nitrogens with one attached hydrogen (secondary N) is 1. The number of hydrogen-bond donors (Lipinski definition) is 1. The third-order valence-electron chi connectivity index (χ3n) is 5.12. The lowest BCUT2D eigenvalue weighted by Gasteiger charge is -2.31. The number of likely N-dealkylation sites (tertiary alicyclic amines) is 1. The maximum absolute atomic E-state index is 13.9. The second-order valence-electron chi connectivity index (χ2n) is 7.07. The van der Waals surface area contributed by atoms with Crippen LogP contribution in [0.2, 0.25) is 0 Å². The van der Waals surface area contributed by atoms with E-state index in [0.717, 1.165) is 13.1 Å². The second kappa shape index (κ2) is 8.95. The molecule has 3 rings (SSSR count). The molecule has 1 N–H and O–H groups in total. The number of aryl methyl sites for hydroxylation is 1. The summed E-state index contributed by atoms with van der Waals surface area (Å²) in [6.07, 6.45) is 4.89. The molecule has 1 aliphatic rings. The first-order valence-corrected chi connectivity index (χ1v) is 9.48. The van der Waals surface area contributed by atoms with Gasteiger partial charge < -0.3 is 5.32 Å². The van der Waals surface area contributed by atoms with E-state index in [1.54, 1.807) is 12.1 Å². The van der Waals surface area contributed by atoms with Crippen molar-refractivity contribution in [2.75, 3.05) is 19.6 Å². The number of amides is 1. The summed E-state index contributed by atoms with van der Waals surface area (Å²) in [4.78, 5) is 14.9. The van der Waals surface area contributed by atoms with Gasteiger partial charge in [-0.3, -0.25) is 9.69 Å². The highest BCUT2D eigenvalue weighted by Crippen LogP contribution is 2.24. The van der Waals surface area contributed by atoms with Gasteiger partial charge in [-0.25, -0.2) is 4.39 Å². The van der Waals surface area contributed by atoms with Gasteiger partial charge in [0.15, 0.2) is 0 Å². The molecule has 0 radical (unpaired) electrons. The third-order valence-corrected chi connectivity index (χ3v) is 5.12. The standard InChI is InChI=1S/C22H27FN2O/c1-17-10-12-18(13-11-17)21(25-14-6-2-3-7-15-25)16-24-22(26)19-8-4-5-9-20(19)23/h4-5,8-13,21H,2-3,6-7,14-16H2,1H3,(H,24,26)/t21-/m1/s1. The topological polar surface area (TPSA) is 32.3 Å². The molecular weight excluding hydrogens is 327 g/mol. The largest absolute Gasteiger partial charge is 0.350 e. The predicted molar refractivity (Wildman–Crippen MR) is 103 cm³/mol. The summed E-state index contributed by atoms with van der Waals surface area (Å²) in [7, 11) is 0. The highest BCUT2D eigenvalue weighted by molar-refractivity contribution is 5.94. The Balaban J connectivity index is 1.75. The minimum Gasteiger partial charge on any atom is -0.350 e. The number of hydrogen-bond acceptors (Lipinski definition) is 2. The molecule has 0 aliphatic carbocycles. The first-order valence-electron chi connectivity index (χ1n) is 9.48. The van der Waals surface area contributed by atoms with Crippen molar-refractivity contribution in [2.24, 2.45) is 0 Å². The summed E-state index contributed by atoms with van der Waals surface area (Å²) < 4.78 is 13.9. The zero-order valence-corrected chi connectivity index (χ0v) is 15.4. The van der Waals surface area contributed by atoms with Crippen LogP contribution in [0.4, 0.5) is 4.39 Å². The molecule has 0 bridgehead atoms. The molecule has 3 nitrogen and oxygen atoms in total.